The molecule has 2 aliphatic heterocycles. The first kappa shape index (κ1) is 20.0. The van der Waals surface area contributed by atoms with Crippen LogP contribution in [-0.4, -0.2) is 59.4 Å². The lowest BCUT2D eigenvalue weighted by atomic mass is 9.77. The number of aromatic nitrogens is 2. The topological polar surface area (TPSA) is 69.6 Å². The highest BCUT2D eigenvalue weighted by Gasteiger charge is 2.41. The molecule has 162 valence electrons. The lowest BCUT2D eigenvalue weighted by Gasteiger charge is -2.39. The summed E-state index contributed by atoms with van der Waals surface area (Å²) in [6, 6.07) is 9.96. The number of fused-ring (bicyclic) bond motifs is 1. The molecule has 7 heteroatoms. The molecule has 1 aromatic heterocycles. The van der Waals surface area contributed by atoms with Gasteiger partial charge in [0.15, 0.2) is 0 Å². The monoisotopic (exact) mass is 419 g/mol. The Hall–Kier alpha value is -2.96. The SMILES string of the molecule is O=C(C1CCCCC1C(=O)N1CCc2ccccc21)N1CCN(c2ncccn2)CC1. The van der Waals surface area contributed by atoms with Crippen LogP contribution in [-0.2, 0) is 16.0 Å². The van der Waals surface area contributed by atoms with Crippen molar-refractivity contribution in [3.8, 4) is 0 Å². The minimum atomic E-state index is -0.206. The molecule has 0 bridgehead atoms. The molecule has 1 saturated carbocycles. The van der Waals surface area contributed by atoms with Crippen molar-refractivity contribution in [1.29, 1.82) is 0 Å². The summed E-state index contributed by atoms with van der Waals surface area (Å²) < 4.78 is 0. The van der Waals surface area contributed by atoms with E-state index in [1.807, 2.05) is 34.1 Å². The Kier molecular flexibility index (Phi) is 5.57. The number of rotatable bonds is 3. The third kappa shape index (κ3) is 3.89. The highest BCUT2D eigenvalue weighted by Crippen LogP contribution is 2.36. The first-order valence-corrected chi connectivity index (χ1v) is 11.4. The fourth-order valence-electron chi connectivity index (χ4n) is 5.31. The van der Waals surface area contributed by atoms with E-state index in [4.69, 9.17) is 0 Å². The molecule has 2 atom stereocenters. The number of carbonyl (C=O) groups is 2. The number of para-hydroxylation sites is 1. The van der Waals surface area contributed by atoms with Gasteiger partial charge in [0.1, 0.15) is 0 Å². The standard InChI is InChI=1S/C24H29N5O2/c30-22(27-14-16-28(17-15-27)24-25-11-5-12-26-24)19-7-2-3-8-20(19)23(31)29-13-10-18-6-1-4-9-21(18)29/h1,4-6,9,11-12,19-20H,2-3,7-8,10,13-17H2. The maximum Gasteiger partial charge on any atom is 0.230 e. The highest BCUT2D eigenvalue weighted by molar-refractivity contribution is 5.99. The third-order valence-electron chi connectivity index (χ3n) is 6.98. The lowest BCUT2D eigenvalue weighted by molar-refractivity contribution is -0.143. The van der Waals surface area contributed by atoms with E-state index in [0.29, 0.717) is 19.0 Å². The summed E-state index contributed by atoms with van der Waals surface area (Å²) in [5.41, 5.74) is 2.26. The Morgan fingerprint density at radius 1 is 0.806 bits per heavy atom. The van der Waals surface area contributed by atoms with Crippen LogP contribution in [0.3, 0.4) is 0 Å². The fraction of sp³-hybridized carbons (Fsp3) is 0.500. The first-order valence-electron chi connectivity index (χ1n) is 11.4. The largest absolute Gasteiger partial charge is 0.339 e. The zero-order chi connectivity index (χ0) is 21.2. The van der Waals surface area contributed by atoms with E-state index in [1.54, 1.807) is 12.4 Å². The van der Waals surface area contributed by atoms with Gasteiger partial charge in [-0.1, -0.05) is 31.0 Å². The van der Waals surface area contributed by atoms with Gasteiger partial charge >= 0.3 is 0 Å². The fourth-order valence-corrected chi connectivity index (χ4v) is 5.31. The first-order chi connectivity index (χ1) is 15.2. The summed E-state index contributed by atoms with van der Waals surface area (Å²) in [5.74, 6) is 0.600. The average Bonchev–Trinajstić information content (AvgIpc) is 3.28. The van der Waals surface area contributed by atoms with Crippen LogP contribution in [0.5, 0.6) is 0 Å². The molecule has 0 N–H and O–H groups in total. The minimum absolute atomic E-state index is 0.138. The van der Waals surface area contributed by atoms with Crippen LogP contribution in [0.15, 0.2) is 42.7 Å². The number of piperazine rings is 1. The molecule has 5 rings (SSSR count). The Morgan fingerprint density at radius 2 is 1.48 bits per heavy atom. The van der Waals surface area contributed by atoms with E-state index >= 15 is 0 Å². The quantitative estimate of drug-likeness (QED) is 0.765. The molecule has 2 amide bonds. The van der Waals surface area contributed by atoms with E-state index in [2.05, 4.69) is 20.9 Å². The van der Waals surface area contributed by atoms with Crippen molar-refractivity contribution in [3.63, 3.8) is 0 Å². The summed E-state index contributed by atoms with van der Waals surface area (Å²) >= 11 is 0. The van der Waals surface area contributed by atoms with E-state index in [9.17, 15) is 9.59 Å². The summed E-state index contributed by atoms with van der Waals surface area (Å²) in [5, 5.41) is 0. The van der Waals surface area contributed by atoms with Gasteiger partial charge in [0.2, 0.25) is 17.8 Å². The molecule has 2 unspecified atom stereocenters. The Labute approximate surface area is 183 Å². The summed E-state index contributed by atoms with van der Waals surface area (Å²) in [6.07, 6.45) is 8.06. The van der Waals surface area contributed by atoms with Gasteiger partial charge in [0.25, 0.3) is 0 Å². The number of hydrogen-bond acceptors (Lipinski definition) is 5. The molecule has 1 aromatic carbocycles. The second kappa shape index (κ2) is 8.65. The van der Waals surface area contributed by atoms with E-state index in [-0.39, 0.29) is 23.7 Å². The van der Waals surface area contributed by atoms with Gasteiger partial charge in [-0.3, -0.25) is 9.59 Å². The number of hydrogen-bond donors (Lipinski definition) is 0. The van der Waals surface area contributed by atoms with Crippen LogP contribution in [0.25, 0.3) is 0 Å². The van der Waals surface area contributed by atoms with Crippen molar-refractivity contribution in [2.24, 2.45) is 11.8 Å². The lowest BCUT2D eigenvalue weighted by Crippen LogP contribution is -2.53. The maximum absolute atomic E-state index is 13.5. The van der Waals surface area contributed by atoms with E-state index < -0.39 is 0 Å². The van der Waals surface area contributed by atoms with Gasteiger partial charge in [-0.2, -0.15) is 0 Å². The van der Waals surface area contributed by atoms with E-state index in [0.717, 1.165) is 57.4 Å². The van der Waals surface area contributed by atoms with Crippen molar-refractivity contribution in [2.75, 3.05) is 42.5 Å². The molecular formula is C24H29N5O2. The van der Waals surface area contributed by atoms with Crippen molar-refractivity contribution in [3.05, 3.63) is 48.3 Å². The third-order valence-corrected chi connectivity index (χ3v) is 6.98. The predicted octanol–water partition coefficient (Wildman–Crippen LogP) is 2.52. The van der Waals surface area contributed by atoms with Gasteiger partial charge in [-0.05, 0) is 37.0 Å². The van der Waals surface area contributed by atoms with Gasteiger partial charge in [0, 0.05) is 56.7 Å². The summed E-state index contributed by atoms with van der Waals surface area (Å²) in [7, 11) is 0. The van der Waals surface area contributed by atoms with Gasteiger partial charge < -0.3 is 14.7 Å². The molecule has 3 heterocycles. The average molecular weight is 420 g/mol. The normalized spacial score (nSPS) is 23.5. The number of nitrogens with zero attached hydrogens (tertiary/aromatic N) is 5. The Morgan fingerprint density at radius 3 is 2.23 bits per heavy atom. The number of benzene rings is 1. The molecule has 1 saturated heterocycles. The van der Waals surface area contributed by atoms with Crippen LogP contribution in [0.4, 0.5) is 11.6 Å². The van der Waals surface area contributed by atoms with Crippen LogP contribution < -0.4 is 9.80 Å². The van der Waals surface area contributed by atoms with Crippen LogP contribution in [0, 0.1) is 11.8 Å². The highest BCUT2D eigenvalue weighted by atomic mass is 16.2. The zero-order valence-corrected chi connectivity index (χ0v) is 17.8. The van der Waals surface area contributed by atoms with Crippen molar-refractivity contribution < 1.29 is 9.59 Å². The Bertz CT molecular complexity index is 942. The molecule has 31 heavy (non-hydrogen) atoms. The molecule has 2 aromatic rings. The summed E-state index contributed by atoms with van der Waals surface area (Å²) in [6.45, 7) is 3.48. The van der Waals surface area contributed by atoms with Crippen LogP contribution >= 0.6 is 0 Å². The van der Waals surface area contributed by atoms with Crippen molar-refractivity contribution in [1.82, 2.24) is 14.9 Å². The molecule has 0 radical (unpaired) electrons. The minimum Gasteiger partial charge on any atom is -0.339 e. The molecule has 3 aliphatic rings. The predicted molar refractivity (Wildman–Crippen MR) is 119 cm³/mol. The molecule has 7 nitrogen and oxygen atoms in total. The molecule has 1 aliphatic carbocycles. The second-order valence-corrected chi connectivity index (χ2v) is 8.73. The number of carbonyl (C=O) groups excluding carboxylic acids is 2. The summed E-state index contributed by atoms with van der Waals surface area (Å²) in [4.78, 5) is 41.6. The Balaban J connectivity index is 1.27. The maximum atomic E-state index is 13.5. The van der Waals surface area contributed by atoms with Gasteiger partial charge in [-0.25, -0.2) is 9.97 Å². The van der Waals surface area contributed by atoms with Crippen molar-refractivity contribution >= 4 is 23.5 Å². The molecule has 0 spiro atoms. The van der Waals surface area contributed by atoms with Gasteiger partial charge in [0.05, 0.1) is 5.92 Å². The smallest absolute Gasteiger partial charge is 0.230 e. The van der Waals surface area contributed by atoms with E-state index in [1.165, 1.54) is 5.56 Å². The zero-order valence-electron chi connectivity index (χ0n) is 17.8. The van der Waals surface area contributed by atoms with Crippen LogP contribution in [0.2, 0.25) is 0 Å². The number of anilines is 2. The molecule has 2 fully saturated rings. The number of amides is 2. The van der Waals surface area contributed by atoms with Gasteiger partial charge in [-0.15, -0.1) is 0 Å². The van der Waals surface area contributed by atoms with Crippen LogP contribution in [0.1, 0.15) is 31.2 Å². The second-order valence-electron chi connectivity index (χ2n) is 8.73. The molecular weight excluding hydrogens is 390 g/mol. The van der Waals surface area contributed by atoms with Crippen molar-refractivity contribution in [2.45, 2.75) is 32.1 Å².